The number of nitrogens with zero attached hydrogens (tertiary/aromatic N) is 3. The van der Waals surface area contributed by atoms with Crippen LogP contribution in [-0.4, -0.2) is 21.4 Å². The maximum Gasteiger partial charge on any atom is 0.217 e. The molecule has 0 radical (unpaired) electrons. The summed E-state index contributed by atoms with van der Waals surface area (Å²) in [6.45, 7) is 0. The fourth-order valence-electron chi connectivity index (χ4n) is 0.993. The number of anilines is 1. The van der Waals surface area contributed by atoms with Crippen molar-refractivity contribution in [1.82, 2.24) is 19.8 Å². The molecule has 2 aromatic heterocycles. The Morgan fingerprint density at radius 2 is 2.36 bits per heavy atom. The van der Waals surface area contributed by atoms with Gasteiger partial charge in [0.1, 0.15) is 0 Å². The van der Waals surface area contributed by atoms with Gasteiger partial charge in [-0.25, -0.2) is 5.43 Å². The van der Waals surface area contributed by atoms with Gasteiger partial charge in [0, 0.05) is 36.5 Å². The fraction of sp³-hybridized carbons (Fsp3) is 0.125. The highest BCUT2D eigenvalue weighted by atomic mass is 32.1. The van der Waals surface area contributed by atoms with Gasteiger partial charge in [0.15, 0.2) is 5.82 Å². The van der Waals surface area contributed by atoms with Gasteiger partial charge >= 0.3 is 0 Å². The molecule has 0 unspecified atom stereocenters. The lowest BCUT2D eigenvalue weighted by molar-refractivity contribution is 0.978. The van der Waals surface area contributed by atoms with Crippen LogP contribution in [0.1, 0.15) is 0 Å². The molecule has 14 heavy (non-hydrogen) atoms. The van der Waals surface area contributed by atoms with Crippen molar-refractivity contribution < 1.29 is 0 Å². The largest absolute Gasteiger partial charge is 0.296 e. The summed E-state index contributed by atoms with van der Waals surface area (Å²) in [6.07, 6.45) is 3.47. The molecule has 5 nitrogen and oxygen atoms in total. The molecule has 0 fully saturated rings. The van der Waals surface area contributed by atoms with Crippen LogP contribution < -0.4 is 10.9 Å². The molecule has 0 aliphatic heterocycles. The molecule has 0 aliphatic carbocycles. The topological polar surface area (TPSA) is 62.7 Å². The molecule has 0 saturated carbocycles. The number of hydrogen-bond donors (Lipinski definition) is 2. The Kier molecular flexibility index (Phi) is 2.66. The Hall–Kier alpha value is -1.53. The van der Waals surface area contributed by atoms with Gasteiger partial charge in [-0.1, -0.05) is 0 Å². The minimum atomic E-state index is 0.695. The second-order valence-corrected chi connectivity index (χ2v) is 3.29. The Labute approximate surface area is 85.4 Å². The summed E-state index contributed by atoms with van der Waals surface area (Å²) >= 11 is 1.31. The molecule has 2 N–H and O–H groups in total. The van der Waals surface area contributed by atoms with Crippen LogP contribution in [-0.2, 0) is 0 Å². The van der Waals surface area contributed by atoms with Gasteiger partial charge in [-0.2, -0.15) is 9.36 Å². The van der Waals surface area contributed by atoms with Crippen molar-refractivity contribution >= 4 is 16.7 Å². The van der Waals surface area contributed by atoms with Gasteiger partial charge in [0.2, 0.25) is 5.13 Å². The van der Waals surface area contributed by atoms with E-state index in [-0.39, 0.29) is 0 Å². The van der Waals surface area contributed by atoms with E-state index in [0.717, 1.165) is 10.7 Å². The number of hydrogen-bond acceptors (Lipinski definition) is 6. The third-order valence-electron chi connectivity index (χ3n) is 1.58. The maximum atomic E-state index is 4.26. The first-order chi connectivity index (χ1) is 6.90. The lowest BCUT2D eigenvalue weighted by Crippen LogP contribution is -2.14. The lowest BCUT2D eigenvalue weighted by Gasteiger charge is -1.95. The zero-order valence-corrected chi connectivity index (χ0v) is 8.38. The quantitative estimate of drug-likeness (QED) is 0.739. The summed E-state index contributed by atoms with van der Waals surface area (Å²) in [7, 11) is 1.78. The van der Waals surface area contributed by atoms with E-state index < -0.39 is 0 Å². The van der Waals surface area contributed by atoms with Crippen molar-refractivity contribution in [3.8, 4) is 11.4 Å². The monoisotopic (exact) mass is 207 g/mol. The molecule has 0 bridgehead atoms. The standard InChI is InChI=1S/C8H9N5S/c1-9-12-8-11-7(13-14-8)6-3-2-4-10-5-6/h2-5,9H,1H3,(H,11,12,13). The van der Waals surface area contributed by atoms with Crippen molar-refractivity contribution in [2.45, 2.75) is 0 Å². The first-order valence-corrected chi connectivity index (χ1v) is 4.84. The zero-order chi connectivity index (χ0) is 9.80. The summed E-state index contributed by atoms with van der Waals surface area (Å²) in [6, 6.07) is 3.79. The second-order valence-electron chi connectivity index (χ2n) is 2.54. The van der Waals surface area contributed by atoms with Gasteiger partial charge in [-0.05, 0) is 12.1 Å². The Balaban J connectivity index is 2.25. The van der Waals surface area contributed by atoms with E-state index >= 15 is 0 Å². The van der Waals surface area contributed by atoms with Crippen LogP contribution in [0, 0.1) is 0 Å². The van der Waals surface area contributed by atoms with Gasteiger partial charge in [-0.3, -0.25) is 10.4 Å². The van der Waals surface area contributed by atoms with E-state index in [0.29, 0.717) is 5.82 Å². The average molecular weight is 207 g/mol. The third kappa shape index (κ3) is 1.86. The molecule has 0 aromatic carbocycles. The highest BCUT2D eigenvalue weighted by molar-refractivity contribution is 7.09. The Morgan fingerprint density at radius 3 is 3.07 bits per heavy atom. The van der Waals surface area contributed by atoms with E-state index in [4.69, 9.17) is 0 Å². The van der Waals surface area contributed by atoms with E-state index in [1.54, 1.807) is 19.4 Å². The van der Waals surface area contributed by atoms with Gasteiger partial charge < -0.3 is 0 Å². The molecule has 0 atom stereocenters. The molecular weight excluding hydrogens is 198 g/mol. The fourth-order valence-corrected chi connectivity index (χ4v) is 1.59. The lowest BCUT2D eigenvalue weighted by atomic mass is 10.3. The van der Waals surface area contributed by atoms with Crippen LogP contribution in [0.2, 0.25) is 0 Å². The molecule has 0 aliphatic rings. The number of pyridine rings is 1. The van der Waals surface area contributed by atoms with Crippen LogP contribution >= 0.6 is 11.5 Å². The summed E-state index contributed by atoms with van der Waals surface area (Å²) in [5.41, 5.74) is 6.59. The van der Waals surface area contributed by atoms with Crippen LogP contribution in [0.4, 0.5) is 5.13 Å². The van der Waals surface area contributed by atoms with Crippen LogP contribution in [0.15, 0.2) is 24.5 Å². The summed E-state index contributed by atoms with van der Waals surface area (Å²) < 4.78 is 4.19. The Bertz CT molecular complexity index is 399. The molecule has 6 heteroatoms. The van der Waals surface area contributed by atoms with Gasteiger partial charge in [0.05, 0.1) is 0 Å². The van der Waals surface area contributed by atoms with Crippen molar-refractivity contribution in [3.63, 3.8) is 0 Å². The number of hydrazine groups is 1. The second kappa shape index (κ2) is 4.12. The first-order valence-electron chi connectivity index (χ1n) is 4.07. The van der Waals surface area contributed by atoms with Crippen molar-refractivity contribution in [2.75, 3.05) is 12.5 Å². The van der Waals surface area contributed by atoms with Crippen molar-refractivity contribution in [1.29, 1.82) is 0 Å². The van der Waals surface area contributed by atoms with Crippen LogP contribution in [0.3, 0.4) is 0 Å². The normalized spacial score (nSPS) is 10.1. The summed E-state index contributed by atoms with van der Waals surface area (Å²) in [5.74, 6) is 0.695. The highest BCUT2D eigenvalue weighted by Gasteiger charge is 2.04. The highest BCUT2D eigenvalue weighted by Crippen LogP contribution is 2.18. The molecular formula is C8H9N5S. The van der Waals surface area contributed by atoms with Crippen molar-refractivity contribution in [2.24, 2.45) is 0 Å². The summed E-state index contributed by atoms with van der Waals surface area (Å²) in [5, 5.41) is 0.742. The maximum absolute atomic E-state index is 4.26. The minimum Gasteiger partial charge on any atom is -0.296 e. The number of rotatable bonds is 3. The van der Waals surface area contributed by atoms with Gasteiger partial charge in [0.25, 0.3) is 0 Å². The molecule has 72 valence electrons. The smallest absolute Gasteiger partial charge is 0.217 e. The van der Waals surface area contributed by atoms with Gasteiger partial charge in [-0.15, -0.1) is 0 Å². The Morgan fingerprint density at radius 1 is 1.43 bits per heavy atom. The first kappa shape index (κ1) is 9.04. The van der Waals surface area contributed by atoms with E-state index in [9.17, 15) is 0 Å². The molecule has 0 amide bonds. The average Bonchev–Trinajstić information content (AvgIpc) is 2.68. The molecule has 0 spiro atoms. The predicted octanol–water partition coefficient (Wildman–Crippen LogP) is 1.15. The zero-order valence-electron chi connectivity index (χ0n) is 7.56. The molecule has 2 heterocycles. The van der Waals surface area contributed by atoms with Crippen LogP contribution in [0.5, 0.6) is 0 Å². The van der Waals surface area contributed by atoms with Crippen molar-refractivity contribution in [3.05, 3.63) is 24.5 Å². The summed E-state index contributed by atoms with van der Waals surface area (Å²) in [4.78, 5) is 8.27. The number of nitrogens with one attached hydrogen (secondary N) is 2. The molecule has 2 aromatic rings. The van der Waals surface area contributed by atoms with Crippen LogP contribution in [0.25, 0.3) is 11.4 Å². The number of aromatic nitrogens is 3. The predicted molar refractivity (Wildman–Crippen MR) is 55.8 cm³/mol. The minimum absolute atomic E-state index is 0.695. The third-order valence-corrected chi connectivity index (χ3v) is 2.21. The molecule has 0 saturated heterocycles. The van der Waals surface area contributed by atoms with E-state index in [1.807, 2.05) is 12.1 Å². The SMILES string of the molecule is CNNc1nc(-c2cccnc2)ns1. The van der Waals surface area contributed by atoms with E-state index in [1.165, 1.54) is 11.5 Å². The molecule has 2 rings (SSSR count). The van der Waals surface area contributed by atoms with E-state index in [2.05, 4.69) is 25.2 Å².